The first-order valence-corrected chi connectivity index (χ1v) is 47.9. The summed E-state index contributed by atoms with van der Waals surface area (Å²) in [6.45, 7) is 0.0891. The molecule has 0 aromatic carbocycles. The highest BCUT2D eigenvalue weighted by atomic mass is 33.4. The minimum atomic E-state index is -0.113. The standard InChI is InChI=1S/H25P24/c1-14(2)20(13)23(19(11)12)24(21(15(3)4)16(5)6)22(17(7)8)18(9)10/h1H,2-13H2/q-1. The van der Waals surface area contributed by atoms with Gasteiger partial charge in [0.15, 0.2) is 0 Å². The van der Waals surface area contributed by atoms with Crippen LogP contribution in [0.1, 0.15) is 0 Å². The lowest BCUT2D eigenvalue weighted by molar-refractivity contribution is 4.46. The number of hydrogen-bond acceptors (Lipinski definition) is 0. The van der Waals surface area contributed by atoms with E-state index in [0.29, 0.717) is 0 Å². The summed E-state index contributed by atoms with van der Waals surface area (Å²) < 4.78 is 0. The van der Waals surface area contributed by atoms with Crippen molar-refractivity contribution in [2.45, 2.75) is 0 Å². The highest BCUT2D eigenvalue weighted by Crippen LogP contribution is 3.34. The van der Waals surface area contributed by atoms with E-state index in [1.165, 1.54) is 0 Å². The molecule has 0 saturated heterocycles. The van der Waals surface area contributed by atoms with E-state index in [1.54, 1.807) is 0 Å². The van der Waals surface area contributed by atoms with Gasteiger partial charge in [-0.2, -0.15) is 0 Å². The van der Waals surface area contributed by atoms with Crippen molar-refractivity contribution in [3.05, 3.63) is 0 Å². The second-order valence-corrected chi connectivity index (χ2v) is 98.2. The number of hydrogen-bond donors (Lipinski definition) is 0. The molecule has 0 aromatic rings. The van der Waals surface area contributed by atoms with Crippen LogP contribution >= 0.6 is 193 Å². The van der Waals surface area contributed by atoms with Gasteiger partial charge in [-0.15, -0.1) is 107 Å². The average Bonchev–Trinajstić information content (AvgIpc) is 2.35. The lowest BCUT2D eigenvalue weighted by Crippen LogP contribution is -1.60. The van der Waals surface area contributed by atoms with Gasteiger partial charge in [-0.25, -0.2) is 6.99 Å². The van der Waals surface area contributed by atoms with Crippen LogP contribution < -0.4 is 0 Å². The summed E-state index contributed by atoms with van der Waals surface area (Å²) in [6.07, 6.45) is 0. The predicted molar refractivity (Wildman–Crippen MR) is 201 cm³/mol. The third-order valence-electron chi connectivity index (χ3n) is 1.92. The van der Waals surface area contributed by atoms with E-state index < -0.39 is 0 Å². The van der Waals surface area contributed by atoms with Gasteiger partial charge in [0.2, 0.25) is 0 Å². The predicted octanol–water partition coefficient (Wildman–Crippen LogP) is 14.0. The summed E-state index contributed by atoms with van der Waals surface area (Å²) in [5.74, 6) is 0. The molecular formula is H25P24-. The molecule has 0 saturated carbocycles. The van der Waals surface area contributed by atoms with Crippen LogP contribution in [0.3, 0.4) is 0 Å². The van der Waals surface area contributed by atoms with Crippen LogP contribution in [-0.2, 0) is 0 Å². The summed E-state index contributed by atoms with van der Waals surface area (Å²) in [7, 11) is 42.5. The summed E-state index contributed by atoms with van der Waals surface area (Å²) in [4.78, 5) is 0. The largest absolute Gasteiger partial charge is 0.516 e. The molecule has 0 aliphatic rings. The summed E-state index contributed by atoms with van der Waals surface area (Å²) in [5, 5.41) is 0. The zero-order valence-corrected chi connectivity index (χ0v) is 37.0. The molecule has 24 heavy (non-hydrogen) atoms. The molecule has 146 valence electrons. The summed E-state index contributed by atoms with van der Waals surface area (Å²) >= 11 is 0. The summed E-state index contributed by atoms with van der Waals surface area (Å²) in [6, 6.07) is 0. The smallest absolute Gasteiger partial charge is 0.000560 e. The molecule has 24 heteroatoms. The molecule has 0 N–H and O–H groups in total. The molecule has 0 rings (SSSR count). The second-order valence-electron chi connectivity index (χ2n) is 3.64. The average molecular weight is 769 g/mol. The Balaban J connectivity index is 6.24. The van der Waals surface area contributed by atoms with Gasteiger partial charge in [0.05, 0.1) is 0 Å². The first-order chi connectivity index (χ1) is 10.8. The molecule has 0 fully saturated rings. The maximum atomic E-state index is 4.03. The van der Waals surface area contributed by atoms with Crippen LogP contribution in [0.5, 0.6) is 0 Å². The molecule has 0 nitrogen and oxygen atoms in total. The minimum Gasteiger partial charge on any atom is -0.516 e. The van der Waals surface area contributed by atoms with Gasteiger partial charge >= 0.3 is 0 Å². The van der Waals surface area contributed by atoms with Gasteiger partial charge in [0.25, 0.3) is 0 Å². The van der Waals surface area contributed by atoms with Crippen molar-refractivity contribution in [2.75, 3.05) is 0 Å². The van der Waals surface area contributed by atoms with E-state index in [1.807, 2.05) is 0 Å². The zero-order valence-electron chi connectivity index (χ0n) is 12.3. The van der Waals surface area contributed by atoms with Gasteiger partial charge in [0, 0.05) is 0 Å². The van der Waals surface area contributed by atoms with Gasteiger partial charge < -0.3 is 8.93 Å². The Morgan fingerprint density at radius 3 is 0.792 bits per heavy atom. The molecule has 15 atom stereocenters. The van der Waals surface area contributed by atoms with E-state index in [9.17, 15) is 0 Å². The van der Waals surface area contributed by atoms with E-state index in [2.05, 4.69) is 116 Å². The fourth-order valence-electron chi connectivity index (χ4n) is 1.19. The first-order valence-electron chi connectivity index (χ1n) is 5.32. The molecule has 0 spiro atoms. The van der Waals surface area contributed by atoms with Gasteiger partial charge in [0.1, 0.15) is 0 Å². The van der Waals surface area contributed by atoms with Gasteiger partial charge in [-0.05, 0) is 62.9 Å². The molecular weight excluding hydrogens is 743 g/mol. The molecule has 0 bridgehead atoms. The fourth-order valence-corrected chi connectivity index (χ4v) is 289. The van der Waals surface area contributed by atoms with Crippen LogP contribution in [0.2, 0.25) is 0 Å². The van der Waals surface area contributed by atoms with Crippen LogP contribution in [0.4, 0.5) is 0 Å². The molecule has 0 amide bonds. The van der Waals surface area contributed by atoms with Crippen molar-refractivity contribution < 1.29 is 0 Å². The molecule has 0 radical (unpaired) electrons. The highest BCUT2D eigenvalue weighted by Gasteiger charge is 2.45. The molecule has 0 heterocycles. The lowest BCUT2D eigenvalue weighted by Gasteiger charge is -2.49. The normalized spacial score (nSPS) is 17.4. The monoisotopic (exact) mass is 769 g/mol. The first kappa shape index (κ1) is 34.3. The Morgan fingerprint density at radius 2 is 0.625 bits per heavy atom. The molecule has 15 unspecified atom stereocenters. The Hall–Kier alpha value is 10.3. The van der Waals surface area contributed by atoms with Gasteiger partial charge in [-0.3, -0.25) is 0 Å². The Bertz CT molecular complexity index is 285. The van der Waals surface area contributed by atoms with E-state index in [4.69, 9.17) is 0 Å². The quantitative estimate of drug-likeness (QED) is 0.194. The van der Waals surface area contributed by atoms with Crippen molar-refractivity contribution >= 4 is 193 Å². The van der Waals surface area contributed by atoms with Crippen molar-refractivity contribution in [2.24, 2.45) is 0 Å². The van der Waals surface area contributed by atoms with Crippen LogP contribution in [0, 0.1) is 0 Å². The summed E-state index contributed by atoms with van der Waals surface area (Å²) in [5.41, 5.74) is 0. The van der Waals surface area contributed by atoms with Crippen molar-refractivity contribution in [1.29, 1.82) is 0 Å². The maximum absolute atomic E-state index is 4.03. The molecule has 0 aliphatic heterocycles. The Labute approximate surface area is 191 Å². The van der Waals surface area contributed by atoms with Crippen LogP contribution in [-0.4, -0.2) is 0 Å². The van der Waals surface area contributed by atoms with Crippen molar-refractivity contribution in [3.63, 3.8) is 0 Å². The second kappa shape index (κ2) is 18.5. The van der Waals surface area contributed by atoms with Gasteiger partial charge in [-0.1, -0.05) is 6.99 Å². The Morgan fingerprint density at radius 1 is 0.375 bits per heavy atom. The SMILES string of the molecule is [PH-]P(P)P(P)P(P(P)P)P(P(P(P)P)P(P)P)P(P(P)P)P(P)P. The van der Waals surface area contributed by atoms with Crippen molar-refractivity contribution in [3.8, 4) is 0 Å². The van der Waals surface area contributed by atoms with E-state index in [0.717, 1.165) is 0 Å². The topological polar surface area (TPSA) is 0 Å². The Kier molecular flexibility index (Phi) is 26.5. The highest BCUT2D eigenvalue weighted by molar-refractivity contribution is 9.39. The van der Waals surface area contributed by atoms with Crippen molar-refractivity contribution in [1.82, 2.24) is 0 Å². The molecule has 0 aromatic heterocycles. The maximum Gasteiger partial charge on any atom is -0.000560 e. The zero-order chi connectivity index (χ0) is 19.4. The third-order valence-corrected chi connectivity index (χ3v) is 155. The number of rotatable bonds is 10. The molecule has 0 aliphatic carbocycles. The third kappa shape index (κ3) is 12.5. The minimum absolute atomic E-state index is 0.00720. The fraction of sp³-hybridized carbons (Fsp3) is 0. The van der Waals surface area contributed by atoms with E-state index >= 15 is 0 Å². The van der Waals surface area contributed by atoms with Crippen LogP contribution in [0.25, 0.3) is 0 Å². The lowest BCUT2D eigenvalue weighted by atomic mass is 28.5. The van der Waals surface area contributed by atoms with Crippen LogP contribution in [0.15, 0.2) is 0 Å². The van der Waals surface area contributed by atoms with E-state index in [-0.39, 0.29) is 76.9 Å².